The average molecular weight is 430 g/mol. The van der Waals surface area contributed by atoms with Crippen LogP contribution in [0.25, 0.3) is 11.2 Å². The average Bonchev–Trinajstić information content (AvgIpc) is 3.51. The number of imidazole rings is 1. The first kappa shape index (κ1) is 21.0. The number of nitrogens with one attached hydrogen (secondary N) is 1. The number of carbonyl (C=O) groups is 1. The van der Waals surface area contributed by atoms with Gasteiger partial charge in [0.25, 0.3) is 5.88 Å². The van der Waals surface area contributed by atoms with E-state index < -0.39 is 5.97 Å². The number of ether oxygens (including phenoxy) is 2. The van der Waals surface area contributed by atoms with Gasteiger partial charge in [-0.15, -0.1) is 0 Å². The van der Waals surface area contributed by atoms with Crippen LogP contribution in [0.2, 0.25) is 0 Å². The van der Waals surface area contributed by atoms with Crippen molar-refractivity contribution in [2.75, 3.05) is 18.5 Å². The molecule has 0 spiro atoms. The highest BCUT2D eigenvalue weighted by Gasteiger charge is 2.29. The van der Waals surface area contributed by atoms with Crippen LogP contribution in [-0.2, 0) is 4.74 Å². The molecule has 1 aliphatic heterocycles. The van der Waals surface area contributed by atoms with Gasteiger partial charge in [0.2, 0.25) is 5.76 Å². The number of nitrogens with zero attached hydrogens (tertiary/aromatic N) is 5. The van der Waals surface area contributed by atoms with Crippen LogP contribution in [0.4, 0.5) is 5.82 Å². The van der Waals surface area contributed by atoms with Crippen molar-refractivity contribution in [1.29, 1.82) is 0 Å². The molecule has 0 amide bonds. The van der Waals surface area contributed by atoms with Crippen LogP contribution in [0.15, 0.2) is 23.2 Å². The molecule has 1 saturated heterocycles. The highest BCUT2D eigenvalue weighted by atomic mass is 16.6. The largest absolute Gasteiger partial charge is 0.475 e. The lowest BCUT2D eigenvalue weighted by molar-refractivity contribution is -0.0169. The van der Waals surface area contributed by atoms with E-state index in [0.717, 1.165) is 42.8 Å². The first-order chi connectivity index (χ1) is 15.2. The van der Waals surface area contributed by atoms with Crippen molar-refractivity contribution in [2.45, 2.75) is 57.8 Å². The molecule has 2 atom stereocenters. The molecule has 11 heteroatoms. The van der Waals surface area contributed by atoms with Crippen LogP contribution in [0.3, 0.4) is 0 Å². The second kappa shape index (κ2) is 9.73. The fraction of sp³-hybridized carbons (Fsp3) is 0.550. The van der Waals surface area contributed by atoms with Crippen LogP contribution in [0.1, 0.15) is 62.2 Å². The van der Waals surface area contributed by atoms with Gasteiger partial charge in [-0.05, 0) is 24.4 Å². The van der Waals surface area contributed by atoms with E-state index in [2.05, 4.69) is 36.9 Å². The Balaban J connectivity index is 1.34. The molecular formula is C20H26N6O5. The third kappa shape index (κ3) is 4.93. The van der Waals surface area contributed by atoms with Gasteiger partial charge < -0.3 is 24.4 Å². The molecule has 0 aliphatic carbocycles. The van der Waals surface area contributed by atoms with Gasteiger partial charge in [-0.2, -0.15) is 0 Å². The summed E-state index contributed by atoms with van der Waals surface area (Å²) in [6.07, 6.45) is 9.17. The van der Waals surface area contributed by atoms with Crippen molar-refractivity contribution < 1.29 is 23.9 Å². The fourth-order valence-electron chi connectivity index (χ4n) is 3.57. The summed E-state index contributed by atoms with van der Waals surface area (Å²) in [5.41, 5.74) is 1.45. The summed E-state index contributed by atoms with van der Waals surface area (Å²) < 4.78 is 18.2. The lowest BCUT2D eigenvalue weighted by Gasteiger charge is -2.15. The van der Waals surface area contributed by atoms with Crippen LogP contribution < -0.4 is 10.1 Å². The number of hydrogen-bond acceptors (Lipinski definition) is 9. The van der Waals surface area contributed by atoms with Crippen LogP contribution in [0.5, 0.6) is 5.88 Å². The number of carboxylic acids is 1. The highest BCUT2D eigenvalue weighted by Crippen LogP contribution is 2.31. The van der Waals surface area contributed by atoms with E-state index in [-0.39, 0.29) is 30.6 Å². The van der Waals surface area contributed by atoms with E-state index in [0.29, 0.717) is 0 Å². The lowest BCUT2D eigenvalue weighted by atomic mass is 10.2. The Bertz CT molecular complexity index is 1020. The number of carboxylic acid groups (broad SMARTS) is 1. The van der Waals surface area contributed by atoms with Crippen molar-refractivity contribution in [3.8, 4) is 5.88 Å². The predicted molar refractivity (Wildman–Crippen MR) is 110 cm³/mol. The third-order valence-corrected chi connectivity index (χ3v) is 5.19. The minimum absolute atomic E-state index is 0.125. The molecule has 166 valence electrons. The van der Waals surface area contributed by atoms with Gasteiger partial charge in [0.15, 0.2) is 17.0 Å². The van der Waals surface area contributed by atoms with E-state index in [9.17, 15) is 4.79 Å². The third-order valence-electron chi connectivity index (χ3n) is 5.19. The van der Waals surface area contributed by atoms with Crippen molar-refractivity contribution in [1.82, 2.24) is 24.7 Å². The molecule has 4 rings (SSSR count). The number of anilines is 1. The Hall–Kier alpha value is -3.21. The standard InChI is InChI=1S/C20H26N6O5/c1-2-3-4-5-8-21-18-17-19(23-11-22-18)26(12-24-17)16-7-6-13(30-16)10-29-15-9-14(20(27)28)31-25-15/h9,11-13,16H,2-8,10H2,1H3,(H,27,28)(H,21,22,23). The van der Waals surface area contributed by atoms with E-state index in [1.165, 1.54) is 31.7 Å². The zero-order chi connectivity index (χ0) is 21.6. The first-order valence-corrected chi connectivity index (χ1v) is 10.6. The number of aromatic carboxylic acids is 1. The van der Waals surface area contributed by atoms with E-state index >= 15 is 0 Å². The lowest BCUT2D eigenvalue weighted by Crippen LogP contribution is -2.18. The monoisotopic (exact) mass is 430 g/mol. The molecular weight excluding hydrogens is 404 g/mol. The molecule has 2 unspecified atom stereocenters. The molecule has 1 fully saturated rings. The highest BCUT2D eigenvalue weighted by molar-refractivity contribution is 5.84. The van der Waals surface area contributed by atoms with Crippen molar-refractivity contribution in [3.05, 3.63) is 24.5 Å². The van der Waals surface area contributed by atoms with E-state index in [1.54, 1.807) is 6.33 Å². The maximum atomic E-state index is 10.8. The molecule has 0 radical (unpaired) electrons. The van der Waals surface area contributed by atoms with Crippen molar-refractivity contribution in [3.63, 3.8) is 0 Å². The smallest absolute Gasteiger partial charge is 0.374 e. The molecule has 3 aromatic rings. The van der Waals surface area contributed by atoms with Gasteiger partial charge in [0, 0.05) is 6.54 Å². The molecule has 31 heavy (non-hydrogen) atoms. The number of aromatic nitrogens is 5. The van der Waals surface area contributed by atoms with E-state index in [4.69, 9.17) is 14.6 Å². The summed E-state index contributed by atoms with van der Waals surface area (Å²) in [6, 6.07) is 1.24. The molecule has 0 saturated carbocycles. The van der Waals surface area contributed by atoms with Gasteiger partial charge in [-0.25, -0.2) is 19.7 Å². The maximum absolute atomic E-state index is 10.8. The van der Waals surface area contributed by atoms with Gasteiger partial charge >= 0.3 is 5.97 Å². The second-order valence-corrected chi connectivity index (χ2v) is 7.47. The summed E-state index contributed by atoms with van der Waals surface area (Å²) in [4.78, 5) is 24.1. The summed E-state index contributed by atoms with van der Waals surface area (Å²) >= 11 is 0. The molecule has 2 N–H and O–H groups in total. The molecule has 0 aromatic carbocycles. The Kier molecular flexibility index (Phi) is 6.60. The summed E-state index contributed by atoms with van der Waals surface area (Å²) in [7, 11) is 0. The van der Waals surface area contributed by atoms with Crippen LogP contribution in [-0.4, -0.2) is 55.0 Å². The van der Waals surface area contributed by atoms with Crippen LogP contribution in [0, 0.1) is 0 Å². The van der Waals surface area contributed by atoms with Gasteiger partial charge in [0.1, 0.15) is 19.2 Å². The number of rotatable bonds is 11. The minimum atomic E-state index is -1.19. The van der Waals surface area contributed by atoms with Crippen molar-refractivity contribution >= 4 is 23.0 Å². The Morgan fingerprint density at radius 2 is 2.19 bits per heavy atom. The topological polar surface area (TPSA) is 137 Å². The quantitative estimate of drug-likeness (QED) is 0.436. The molecule has 0 bridgehead atoms. The molecule has 1 aliphatic rings. The van der Waals surface area contributed by atoms with Gasteiger partial charge in [0.05, 0.1) is 18.5 Å². The first-order valence-electron chi connectivity index (χ1n) is 10.6. The Morgan fingerprint density at radius 1 is 1.29 bits per heavy atom. The Labute approximate surface area is 178 Å². The summed E-state index contributed by atoms with van der Waals surface area (Å²) in [6.45, 7) is 3.29. The zero-order valence-electron chi connectivity index (χ0n) is 17.4. The summed E-state index contributed by atoms with van der Waals surface area (Å²) in [5.74, 6) is -0.596. The predicted octanol–water partition coefficient (Wildman–Crippen LogP) is 3.26. The zero-order valence-corrected chi connectivity index (χ0v) is 17.4. The van der Waals surface area contributed by atoms with Crippen LogP contribution >= 0.6 is 0 Å². The number of hydrogen-bond donors (Lipinski definition) is 2. The maximum Gasteiger partial charge on any atom is 0.374 e. The molecule has 11 nitrogen and oxygen atoms in total. The minimum Gasteiger partial charge on any atom is -0.475 e. The number of fused-ring (bicyclic) bond motifs is 1. The van der Waals surface area contributed by atoms with Gasteiger partial charge in [-0.3, -0.25) is 4.57 Å². The van der Waals surface area contributed by atoms with E-state index in [1.807, 2.05) is 4.57 Å². The van der Waals surface area contributed by atoms with Gasteiger partial charge in [-0.1, -0.05) is 26.2 Å². The second-order valence-electron chi connectivity index (χ2n) is 7.47. The number of unbranched alkanes of at least 4 members (excludes halogenated alkanes) is 3. The fourth-order valence-corrected chi connectivity index (χ4v) is 3.57. The molecule has 4 heterocycles. The Morgan fingerprint density at radius 3 is 3.00 bits per heavy atom. The summed E-state index contributed by atoms with van der Waals surface area (Å²) in [5, 5.41) is 15.8. The normalized spacial score (nSPS) is 18.5. The SMILES string of the molecule is CCCCCCNc1ncnc2c1ncn2C1CCC(COc2cc(C(=O)O)on2)O1. The molecule has 3 aromatic heterocycles. The van der Waals surface area contributed by atoms with Crippen molar-refractivity contribution in [2.24, 2.45) is 0 Å².